The summed E-state index contributed by atoms with van der Waals surface area (Å²) in [6.07, 6.45) is 1.39. The maximum atomic E-state index is 12.9. The Balaban J connectivity index is 1.67. The second kappa shape index (κ2) is 10.2. The molecule has 170 valence electrons. The molecule has 0 aromatic heterocycles. The van der Waals surface area contributed by atoms with Gasteiger partial charge in [0.2, 0.25) is 15.9 Å². The van der Waals surface area contributed by atoms with Gasteiger partial charge in [0.25, 0.3) is 0 Å². The van der Waals surface area contributed by atoms with Crippen LogP contribution < -0.4 is 14.4 Å². The SMILES string of the molecule is CC[C@H](C(=O)NCCOc1ccc2ccccc2c1)N(c1cc(Cl)ccc1C)S(C)(=O)=O. The van der Waals surface area contributed by atoms with Crippen molar-refractivity contribution in [2.45, 2.75) is 26.3 Å². The molecule has 0 unspecified atom stereocenters. The summed E-state index contributed by atoms with van der Waals surface area (Å²) in [7, 11) is -3.73. The molecule has 0 aliphatic carbocycles. The number of amides is 1. The number of sulfonamides is 1. The Labute approximate surface area is 194 Å². The van der Waals surface area contributed by atoms with E-state index in [1.165, 1.54) is 0 Å². The zero-order valence-corrected chi connectivity index (χ0v) is 19.9. The summed E-state index contributed by atoms with van der Waals surface area (Å²) in [5.74, 6) is 0.316. The number of hydrogen-bond acceptors (Lipinski definition) is 4. The molecular weight excluding hydrogens is 448 g/mol. The fourth-order valence-corrected chi connectivity index (χ4v) is 5.00. The molecule has 0 aliphatic heterocycles. The highest BCUT2D eigenvalue weighted by atomic mass is 35.5. The first kappa shape index (κ1) is 23.9. The summed E-state index contributed by atoms with van der Waals surface area (Å²) >= 11 is 6.10. The monoisotopic (exact) mass is 474 g/mol. The summed E-state index contributed by atoms with van der Waals surface area (Å²) in [5, 5.41) is 5.39. The van der Waals surface area contributed by atoms with E-state index >= 15 is 0 Å². The Kier molecular flexibility index (Phi) is 7.64. The number of carbonyl (C=O) groups is 1. The van der Waals surface area contributed by atoms with Crippen molar-refractivity contribution < 1.29 is 17.9 Å². The first-order valence-corrected chi connectivity index (χ1v) is 12.6. The van der Waals surface area contributed by atoms with Gasteiger partial charge in [-0.3, -0.25) is 9.10 Å². The molecule has 1 N–H and O–H groups in total. The molecule has 8 heteroatoms. The highest BCUT2D eigenvalue weighted by Crippen LogP contribution is 2.29. The molecule has 0 heterocycles. The summed E-state index contributed by atoms with van der Waals surface area (Å²) in [6.45, 7) is 4.06. The zero-order valence-electron chi connectivity index (χ0n) is 18.3. The van der Waals surface area contributed by atoms with Crippen LogP contribution >= 0.6 is 11.6 Å². The van der Waals surface area contributed by atoms with E-state index in [9.17, 15) is 13.2 Å². The molecule has 32 heavy (non-hydrogen) atoms. The van der Waals surface area contributed by atoms with E-state index in [2.05, 4.69) is 5.32 Å². The third-order valence-electron chi connectivity index (χ3n) is 5.13. The van der Waals surface area contributed by atoms with Gasteiger partial charge in [0, 0.05) is 5.02 Å². The number of aryl methyl sites for hydroxylation is 1. The van der Waals surface area contributed by atoms with E-state index in [4.69, 9.17) is 16.3 Å². The Morgan fingerprint density at radius 3 is 2.50 bits per heavy atom. The number of nitrogens with zero attached hydrogens (tertiary/aromatic N) is 1. The standard InChI is InChI=1S/C24H27ClN2O4S/c1-4-22(27(32(3,29)30)23-16-20(25)11-9-17(23)2)24(28)26-13-14-31-21-12-10-18-7-5-6-8-19(18)15-21/h5-12,15-16,22H,4,13-14H2,1-3H3,(H,26,28)/t22-/m1/s1. The molecular formula is C24H27ClN2O4S. The van der Waals surface area contributed by atoms with Gasteiger partial charge in [-0.25, -0.2) is 8.42 Å². The van der Waals surface area contributed by atoms with Crippen molar-refractivity contribution in [2.75, 3.05) is 23.7 Å². The Hall–Kier alpha value is -2.77. The Morgan fingerprint density at radius 1 is 1.09 bits per heavy atom. The lowest BCUT2D eigenvalue weighted by Gasteiger charge is -2.31. The van der Waals surface area contributed by atoms with E-state index in [1.54, 1.807) is 32.0 Å². The third-order valence-corrected chi connectivity index (χ3v) is 6.53. The third kappa shape index (κ3) is 5.72. The van der Waals surface area contributed by atoms with Crippen LogP contribution in [0.5, 0.6) is 5.75 Å². The highest BCUT2D eigenvalue weighted by molar-refractivity contribution is 7.92. The maximum Gasteiger partial charge on any atom is 0.244 e. The van der Waals surface area contributed by atoms with E-state index in [0.29, 0.717) is 28.4 Å². The van der Waals surface area contributed by atoms with Crippen LogP contribution in [-0.2, 0) is 14.8 Å². The van der Waals surface area contributed by atoms with Gasteiger partial charge in [-0.1, -0.05) is 54.9 Å². The maximum absolute atomic E-state index is 12.9. The van der Waals surface area contributed by atoms with Gasteiger partial charge in [0.15, 0.2) is 0 Å². The van der Waals surface area contributed by atoms with Crippen molar-refractivity contribution in [2.24, 2.45) is 0 Å². The fourth-order valence-electron chi connectivity index (χ4n) is 3.57. The number of rotatable bonds is 9. The predicted octanol–water partition coefficient (Wildman–Crippen LogP) is 4.54. The van der Waals surface area contributed by atoms with Gasteiger partial charge in [-0.2, -0.15) is 0 Å². The average molecular weight is 475 g/mol. The first-order chi connectivity index (χ1) is 15.2. The summed E-state index contributed by atoms with van der Waals surface area (Å²) < 4.78 is 32.1. The van der Waals surface area contributed by atoms with Crippen molar-refractivity contribution in [3.8, 4) is 5.75 Å². The van der Waals surface area contributed by atoms with Crippen LogP contribution in [0, 0.1) is 6.92 Å². The number of nitrogens with one attached hydrogen (secondary N) is 1. The van der Waals surface area contributed by atoms with Crippen molar-refractivity contribution in [1.82, 2.24) is 5.32 Å². The normalized spacial score (nSPS) is 12.4. The second-order valence-electron chi connectivity index (χ2n) is 7.56. The van der Waals surface area contributed by atoms with Crippen LogP contribution in [0.2, 0.25) is 5.02 Å². The lowest BCUT2D eigenvalue weighted by molar-refractivity contribution is -0.122. The van der Waals surface area contributed by atoms with Crippen molar-refractivity contribution in [1.29, 1.82) is 0 Å². The van der Waals surface area contributed by atoms with Crippen molar-refractivity contribution >= 4 is 44.0 Å². The van der Waals surface area contributed by atoms with Crippen LogP contribution in [0.3, 0.4) is 0 Å². The van der Waals surface area contributed by atoms with E-state index < -0.39 is 16.1 Å². The Morgan fingerprint density at radius 2 is 1.81 bits per heavy atom. The minimum absolute atomic E-state index is 0.244. The summed E-state index contributed by atoms with van der Waals surface area (Å²) in [4.78, 5) is 12.9. The quantitative estimate of drug-likeness (QED) is 0.462. The molecule has 1 amide bonds. The second-order valence-corrected chi connectivity index (χ2v) is 9.86. The molecule has 0 spiro atoms. The number of halogens is 1. The average Bonchev–Trinajstić information content (AvgIpc) is 2.75. The molecule has 6 nitrogen and oxygen atoms in total. The number of anilines is 1. The van der Waals surface area contributed by atoms with Gasteiger partial charge >= 0.3 is 0 Å². The van der Waals surface area contributed by atoms with Gasteiger partial charge in [0.05, 0.1) is 18.5 Å². The molecule has 3 aromatic rings. The highest BCUT2D eigenvalue weighted by Gasteiger charge is 2.32. The molecule has 0 saturated heterocycles. The minimum atomic E-state index is -3.73. The number of carbonyl (C=O) groups excluding carboxylic acids is 1. The van der Waals surface area contributed by atoms with Gasteiger partial charge < -0.3 is 10.1 Å². The lowest BCUT2D eigenvalue weighted by Crippen LogP contribution is -2.50. The molecule has 0 radical (unpaired) electrons. The van der Waals surface area contributed by atoms with Crippen molar-refractivity contribution in [3.63, 3.8) is 0 Å². The number of hydrogen-bond donors (Lipinski definition) is 1. The molecule has 3 rings (SSSR count). The lowest BCUT2D eigenvalue weighted by atomic mass is 10.1. The molecule has 1 atom stereocenters. The van der Waals surface area contributed by atoms with E-state index in [-0.39, 0.29) is 19.1 Å². The largest absolute Gasteiger partial charge is 0.492 e. The zero-order chi connectivity index (χ0) is 23.3. The van der Waals surface area contributed by atoms with Gasteiger partial charge in [0.1, 0.15) is 18.4 Å². The van der Waals surface area contributed by atoms with Gasteiger partial charge in [-0.05, 0) is 53.9 Å². The van der Waals surface area contributed by atoms with Crippen LogP contribution in [0.4, 0.5) is 5.69 Å². The summed E-state index contributed by atoms with van der Waals surface area (Å²) in [6, 6.07) is 17.9. The molecule has 3 aromatic carbocycles. The Bertz CT molecular complexity index is 1210. The van der Waals surface area contributed by atoms with Crippen LogP contribution in [0.15, 0.2) is 60.7 Å². The van der Waals surface area contributed by atoms with E-state index in [1.807, 2.05) is 42.5 Å². The number of fused-ring (bicyclic) bond motifs is 1. The fraction of sp³-hybridized carbons (Fsp3) is 0.292. The smallest absolute Gasteiger partial charge is 0.244 e. The van der Waals surface area contributed by atoms with Crippen LogP contribution in [-0.4, -0.2) is 39.8 Å². The number of benzene rings is 3. The van der Waals surface area contributed by atoms with Gasteiger partial charge in [-0.15, -0.1) is 0 Å². The molecule has 0 aliphatic rings. The molecule has 0 bridgehead atoms. The first-order valence-electron chi connectivity index (χ1n) is 10.4. The molecule has 0 saturated carbocycles. The predicted molar refractivity (Wildman–Crippen MR) is 130 cm³/mol. The topological polar surface area (TPSA) is 75.7 Å². The van der Waals surface area contributed by atoms with E-state index in [0.717, 1.165) is 21.3 Å². The molecule has 0 fully saturated rings. The number of ether oxygens (including phenoxy) is 1. The van der Waals surface area contributed by atoms with Crippen LogP contribution in [0.1, 0.15) is 18.9 Å². The van der Waals surface area contributed by atoms with Crippen LogP contribution in [0.25, 0.3) is 10.8 Å². The van der Waals surface area contributed by atoms with Crippen molar-refractivity contribution in [3.05, 3.63) is 71.2 Å². The minimum Gasteiger partial charge on any atom is -0.492 e. The summed E-state index contributed by atoms with van der Waals surface area (Å²) in [5.41, 5.74) is 1.11.